The van der Waals surface area contributed by atoms with Crippen molar-refractivity contribution in [2.75, 3.05) is 0 Å². The van der Waals surface area contributed by atoms with Crippen molar-refractivity contribution in [2.45, 2.75) is 79.1 Å². The molecule has 0 bridgehead atoms. The zero-order valence-corrected chi connectivity index (χ0v) is 17.6. The van der Waals surface area contributed by atoms with E-state index in [1.54, 1.807) is 0 Å². The summed E-state index contributed by atoms with van der Waals surface area (Å²) >= 11 is 0. The van der Waals surface area contributed by atoms with Crippen LogP contribution < -0.4 is 22.6 Å². The van der Waals surface area contributed by atoms with Crippen LogP contribution in [0.5, 0.6) is 0 Å². The zero-order valence-electron chi connectivity index (χ0n) is 14.4. The molecule has 0 saturated carbocycles. The van der Waals surface area contributed by atoms with Crippen LogP contribution in [0.2, 0.25) is 0 Å². The Labute approximate surface area is 154 Å². The van der Waals surface area contributed by atoms with Crippen molar-refractivity contribution in [1.82, 2.24) is 0 Å². The molecule has 2 unspecified atom stereocenters. The molecule has 0 aromatic rings. The van der Waals surface area contributed by atoms with Gasteiger partial charge in [0.15, 0.2) is 0 Å². The molecular weight excluding hydrogens is 361 g/mol. The Morgan fingerprint density at radius 1 is 0.773 bits per heavy atom. The third-order valence-corrected chi connectivity index (χ3v) is 3.46. The van der Waals surface area contributed by atoms with Gasteiger partial charge in [0.1, 0.15) is 0 Å². The summed E-state index contributed by atoms with van der Waals surface area (Å²) in [5.41, 5.74) is 0. The molecule has 0 amide bonds. The maximum absolute atomic E-state index is 10.3. The van der Waals surface area contributed by atoms with Crippen molar-refractivity contribution >= 4 is 31.7 Å². The Bertz CT molecular complexity index is 237. The van der Waals surface area contributed by atoms with Gasteiger partial charge in [0.25, 0.3) is 0 Å². The SMILES string of the molecule is CCCCC(CC)C(=O)[O-].CCCCC(CC)C(=O)[O-].[Cl-].[Ga+3]. The molecule has 0 aliphatic carbocycles. The molecule has 128 valence electrons. The summed E-state index contributed by atoms with van der Waals surface area (Å²) in [5, 5.41) is 20.7. The molecule has 0 aliphatic rings. The Morgan fingerprint density at radius 2 is 1.05 bits per heavy atom. The largest absolute Gasteiger partial charge is 3.00 e. The van der Waals surface area contributed by atoms with E-state index in [9.17, 15) is 19.8 Å². The quantitative estimate of drug-likeness (QED) is 0.426. The first kappa shape index (κ1) is 29.8. The summed E-state index contributed by atoms with van der Waals surface area (Å²) in [6, 6.07) is 0. The van der Waals surface area contributed by atoms with Crippen molar-refractivity contribution in [1.29, 1.82) is 0 Å². The average molecular weight is 392 g/mol. The van der Waals surface area contributed by atoms with Gasteiger partial charge in [0.05, 0.1) is 0 Å². The Balaban J connectivity index is -0.000000135. The molecule has 0 aromatic carbocycles. The number of rotatable bonds is 10. The van der Waals surface area contributed by atoms with Gasteiger partial charge in [-0.05, 0) is 37.5 Å². The van der Waals surface area contributed by atoms with Gasteiger partial charge in [-0.15, -0.1) is 0 Å². The number of halogens is 1. The molecule has 0 rings (SSSR count). The van der Waals surface area contributed by atoms with Gasteiger partial charge in [-0.2, -0.15) is 0 Å². The van der Waals surface area contributed by atoms with Gasteiger partial charge in [0.2, 0.25) is 0 Å². The summed E-state index contributed by atoms with van der Waals surface area (Å²) in [6.45, 7) is 7.89. The van der Waals surface area contributed by atoms with Gasteiger partial charge >= 0.3 is 19.8 Å². The zero-order chi connectivity index (χ0) is 16.0. The standard InChI is InChI=1S/2C8H16O2.ClH.Ga/c2*1-3-5-6-7(4-2)8(9)10;;/h2*7H,3-6H2,1-2H3,(H,9,10);1H;/q;;;+3/p-3. The van der Waals surface area contributed by atoms with Crippen molar-refractivity contribution in [3.63, 3.8) is 0 Å². The molecule has 2 atom stereocenters. The number of unbranched alkanes of at least 4 members (excludes halogenated alkanes) is 2. The number of hydrogen-bond acceptors (Lipinski definition) is 4. The second-order valence-corrected chi connectivity index (χ2v) is 5.13. The minimum absolute atomic E-state index is 0. The van der Waals surface area contributed by atoms with Crippen LogP contribution >= 0.6 is 0 Å². The fourth-order valence-corrected chi connectivity index (χ4v) is 1.88. The predicted molar refractivity (Wildman–Crippen MR) is 82.4 cm³/mol. The Morgan fingerprint density at radius 3 is 1.18 bits per heavy atom. The minimum Gasteiger partial charge on any atom is -1.00 e. The maximum atomic E-state index is 10.3. The van der Waals surface area contributed by atoms with Crippen LogP contribution in [-0.2, 0) is 9.59 Å². The number of carbonyl (C=O) groups excluding carboxylic acids is 2. The molecule has 0 spiro atoms. The topological polar surface area (TPSA) is 80.3 Å². The van der Waals surface area contributed by atoms with Crippen LogP contribution in [0.4, 0.5) is 0 Å². The van der Waals surface area contributed by atoms with Crippen LogP contribution in [0, 0.1) is 11.8 Å². The van der Waals surface area contributed by atoms with Crippen molar-refractivity contribution in [3.8, 4) is 0 Å². The molecule has 0 aromatic heterocycles. The fourth-order valence-electron chi connectivity index (χ4n) is 1.88. The maximum Gasteiger partial charge on any atom is 3.00 e. The number of aliphatic carboxylic acids is 2. The molecule has 0 radical (unpaired) electrons. The Kier molecular flexibility index (Phi) is 28.3. The second kappa shape index (κ2) is 20.9. The van der Waals surface area contributed by atoms with Crippen molar-refractivity contribution in [2.24, 2.45) is 11.8 Å². The number of carboxylic acid groups (broad SMARTS) is 2. The molecule has 22 heavy (non-hydrogen) atoms. The van der Waals surface area contributed by atoms with E-state index in [0.717, 1.165) is 38.5 Å². The first-order valence-electron chi connectivity index (χ1n) is 7.86. The van der Waals surface area contributed by atoms with Gasteiger partial charge < -0.3 is 32.2 Å². The van der Waals surface area contributed by atoms with Crippen LogP contribution in [-0.4, -0.2) is 31.7 Å². The molecule has 0 fully saturated rings. The van der Waals surface area contributed by atoms with E-state index in [1.165, 1.54) is 0 Å². The van der Waals surface area contributed by atoms with Crippen LogP contribution in [0.15, 0.2) is 0 Å². The van der Waals surface area contributed by atoms with E-state index in [0.29, 0.717) is 12.8 Å². The summed E-state index contributed by atoms with van der Waals surface area (Å²) < 4.78 is 0. The van der Waals surface area contributed by atoms with Crippen LogP contribution in [0.25, 0.3) is 0 Å². The van der Waals surface area contributed by atoms with Gasteiger partial charge in [0, 0.05) is 11.9 Å². The molecule has 0 saturated heterocycles. The van der Waals surface area contributed by atoms with E-state index in [1.807, 2.05) is 13.8 Å². The van der Waals surface area contributed by atoms with E-state index in [4.69, 9.17) is 0 Å². The van der Waals surface area contributed by atoms with E-state index in [-0.39, 0.29) is 44.0 Å². The first-order valence-corrected chi connectivity index (χ1v) is 7.86. The number of carboxylic acids is 2. The summed E-state index contributed by atoms with van der Waals surface area (Å²) in [4.78, 5) is 20.7. The smallest absolute Gasteiger partial charge is 1.00 e. The van der Waals surface area contributed by atoms with Crippen LogP contribution in [0.1, 0.15) is 79.1 Å². The number of hydrogen-bond donors (Lipinski definition) is 0. The molecule has 0 aliphatic heterocycles. The summed E-state index contributed by atoms with van der Waals surface area (Å²) in [5.74, 6) is -2.23. The molecular formula is C16H30ClGaO4. The van der Waals surface area contributed by atoms with Gasteiger partial charge in [-0.3, -0.25) is 0 Å². The summed E-state index contributed by atoms with van der Waals surface area (Å²) in [6.07, 6.45) is 7.04. The number of carbonyl (C=O) groups is 2. The molecule has 4 nitrogen and oxygen atoms in total. The van der Waals surface area contributed by atoms with E-state index in [2.05, 4.69) is 13.8 Å². The second-order valence-electron chi connectivity index (χ2n) is 5.13. The van der Waals surface area contributed by atoms with Crippen molar-refractivity contribution < 1.29 is 32.2 Å². The van der Waals surface area contributed by atoms with E-state index >= 15 is 0 Å². The average Bonchev–Trinajstić information content (AvgIpc) is 2.40. The third kappa shape index (κ3) is 17.9. The summed E-state index contributed by atoms with van der Waals surface area (Å²) in [7, 11) is 0. The first-order chi connectivity index (χ1) is 9.44. The monoisotopic (exact) mass is 390 g/mol. The van der Waals surface area contributed by atoms with Crippen molar-refractivity contribution in [3.05, 3.63) is 0 Å². The van der Waals surface area contributed by atoms with Crippen LogP contribution in [0.3, 0.4) is 0 Å². The Hall–Kier alpha value is -0.134. The van der Waals surface area contributed by atoms with E-state index < -0.39 is 11.9 Å². The van der Waals surface area contributed by atoms with Gasteiger partial charge in [-0.1, -0.05) is 53.4 Å². The molecule has 0 heterocycles. The minimum atomic E-state index is -0.893. The normalized spacial score (nSPS) is 11.8. The third-order valence-electron chi connectivity index (χ3n) is 3.46. The fraction of sp³-hybridized carbons (Fsp3) is 0.875. The van der Waals surface area contributed by atoms with Gasteiger partial charge in [-0.25, -0.2) is 0 Å². The molecule has 0 N–H and O–H groups in total. The molecule has 6 heteroatoms. The predicted octanol–water partition coefficient (Wildman–Crippen LogP) is -1.47.